The number of rotatable bonds is 7. The Kier molecular flexibility index (Phi) is 5.68. The van der Waals surface area contributed by atoms with Gasteiger partial charge in [-0.05, 0) is 36.5 Å². The van der Waals surface area contributed by atoms with E-state index in [-0.39, 0.29) is 0 Å². The number of benzene rings is 1. The number of ether oxygens (including phenoxy) is 3. The first-order valence-corrected chi connectivity index (χ1v) is 7.31. The average molecular weight is 279 g/mol. The lowest BCUT2D eigenvalue weighted by molar-refractivity contribution is 0.0872. The molecule has 0 saturated carbocycles. The molecule has 0 radical (unpaired) electrons. The van der Waals surface area contributed by atoms with Crippen molar-refractivity contribution in [3.8, 4) is 11.5 Å². The smallest absolute Gasteiger partial charge is 0.161 e. The Bertz CT molecular complexity index is 422. The quantitative estimate of drug-likeness (QED) is 0.833. The highest BCUT2D eigenvalue weighted by Gasteiger charge is 2.25. The summed E-state index contributed by atoms with van der Waals surface area (Å²) in [5.74, 6) is 2.19. The second-order valence-corrected chi connectivity index (χ2v) is 5.19. The maximum atomic E-state index is 5.71. The Labute approximate surface area is 121 Å². The molecule has 1 saturated heterocycles. The van der Waals surface area contributed by atoms with Crippen LogP contribution in [0.1, 0.15) is 25.3 Å². The Hall–Kier alpha value is -1.26. The molecule has 1 N–H and O–H groups in total. The van der Waals surface area contributed by atoms with Gasteiger partial charge in [0.2, 0.25) is 0 Å². The van der Waals surface area contributed by atoms with Crippen LogP contribution in [0.5, 0.6) is 11.5 Å². The molecule has 2 rings (SSSR count). The van der Waals surface area contributed by atoms with Crippen LogP contribution in [0.25, 0.3) is 0 Å². The SMILES string of the molecule is CCC1OCCC1CNCc1ccc(OC)c(OC)c1. The van der Waals surface area contributed by atoms with Crippen LogP contribution >= 0.6 is 0 Å². The summed E-state index contributed by atoms with van der Waals surface area (Å²) in [4.78, 5) is 0. The van der Waals surface area contributed by atoms with E-state index in [4.69, 9.17) is 14.2 Å². The van der Waals surface area contributed by atoms with Gasteiger partial charge < -0.3 is 19.5 Å². The number of hydrogen-bond donors (Lipinski definition) is 1. The van der Waals surface area contributed by atoms with Gasteiger partial charge in [0.25, 0.3) is 0 Å². The van der Waals surface area contributed by atoms with Gasteiger partial charge in [0.15, 0.2) is 11.5 Å². The summed E-state index contributed by atoms with van der Waals surface area (Å²) in [6, 6.07) is 6.04. The highest BCUT2D eigenvalue weighted by Crippen LogP contribution is 2.27. The zero-order chi connectivity index (χ0) is 14.4. The van der Waals surface area contributed by atoms with E-state index in [0.29, 0.717) is 12.0 Å². The van der Waals surface area contributed by atoms with Gasteiger partial charge in [0, 0.05) is 19.7 Å². The summed E-state index contributed by atoms with van der Waals surface area (Å²) in [5, 5.41) is 3.52. The third-order valence-corrected chi connectivity index (χ3v) is 3.93. The predicted molar refractivity (Wildman–Crippen MR) is 79.4 cm³/mol. The van der Waals surface area contributed by atoms with Crippen molar-refractivity contribution in [1.29, 1.82) is 0 Å². The highest BCUT2D eigenvalue weighted by molar-refractivity contribution is 5.42. The van der Waals surface area contributed by atoms with Gasteiger partial charge in [-0.2, -0.15) is 0 Å². The Morgan fingerprint density at radius 2 is 2.05 bits per heavy atom. The van der Waals surface area contributed by atoms with E-state index in [1.807, 2.05) is 12.1 Å². The lowest BCUT2D eigenvalue weighted by atomic mass is 9.99. The van der Waals surface area contributed by atoms with Crippen molar-refractivity contribution >= 4 is 0 Å². The van der Waals surface area contributed by atoms with Crippen molar-refractivity contribution in [3.63, 3.8) is 0 Å². The molecule has 112 valence electrons. The zero-order valence-corrected chi connectivity index (χ0v) is 12.6. The third-order valence-electron chi connectivity index (χ3n) is 3.93. The molecule has 2 unspecified atom stereocenters. The van der Waals surface area contributed by atoms with E-state index >= 15 is 0 Å². The monoisotopic (exact) mass is 279 g/mol. The topological polar surface area (TPSA) is 39.7 Å². The van der Waals surface area contributed by atoms with Crippen molar-refractivity contribution in [2.24, 2.45) is 5.92 Å². The first-order valence-electron chi connectivity index (χ1n) is 7.31. The molecule has 0 bridgehead atoms. The minimum absolute atomic E-state index is 0.424. The molecule has 1 fully saturated rings. The van der Waals surface area contributed by atoms with Crippen molar-refractivity contribution in [1.82, 2.24) is 5.32 Å². The maximum absolute atomic E-state index is 5.71. The van der Waals surface area contributed by atoms with Gasteiger partial charge in [-0.1, -0.05) is 13.0 Å². The van der Waals surface area contributed by atoms with E-state index in [2.05, 4.69) is 18.3 Å². The second kappa shape index (κ2) is 7.50. The number of methoxy groups -OCH3 is 2. The van der Waals surface area contributed by atoms with E-state index in [1.165, 1.54) is 5.56 Å². The van der Waals surface area contributed by atoms with Crippen LogP contribution in [0.4, 0.5) is 0 Å². The zero-order valence-electron chi connectivity index (χ0n) is 12.6. The molecule has 2 atom stereocenters. The Morgan fingerprint density at radius 3 is 2.75 bits per heavy atom. The fourth-order valence-electron chi connectivity index (χ4n) is 2.77. The lowest BCUT2D eigenvalue weighted by Gasteiger charge is -2.17. The minimum atomic E-state index is 0.424. The summed E-state index contributed by atoms with van der Waals surface area (Å²) in [7, 11) is 3.32. The average Bonchev–Trinajstić information content (AvgIpc) is 2.94. The Morgan fingerprint density at radius 1 is 1.25 bits per heavy atom. The molecular formula is C16H25NO3. The highest BCUT2D eigenvalue weighted by atomic mass is 16.5. The molecule has 1 aliphatic heterocycles. The molecule has 1 aromatic carbocycles. The van der Waals surface area contributed by atoms with Gasteiger partial charge in [-0.25, -0.2) is 0 Å². The molecule has 1 aliphatic rings. The van der Waals surface area contributed by atoms with E-state index in [0.717, 1.165) is 44.0 Å². The fourth-order valence-corrected chi connectivity index (χ4v) is 2.77. The van der Waals surface area contributed by atoms with Crippen LogP contribution in [0.2, 0.25) is 0 Å². The first kappa shape index (κ1) is 15.1. The van der Waals surface area contributed by atoms with Gasteiger partial charge in [0.05, 0.1) is 20.3 Å². The van der Waals surface area contributed by atoms with Gasteiger partial charge >= 0.3 is 0 Å². The van der Waals surface area contributed by atoms with Crippen LogP contribution in [0.15, 0.2) is 18.2 Å². The molecule has 1 aromatic rings. The normalized spacial score (nSPS) is 21.9. The molecule has 0 amide bonds. The summed E-state index contributed by atoms with van der Waals surface area (Å²) < 4.78 is 16.3. The molecule has 0 aromatic heterocycles. The summed E-state index contributed by atoms with van der Waals surface area (Å²) in [6.45, 7) is 4.94. The van der Waals surface area contributed by atoms with E-state index in [9.17, 15) is 0 Å². The predicted octanol–water partition coefficient (Wildman–Crippen LogP) is 2.61. The van der Waals surface area contributed by atoms with Crippen LogP contribution in [0.3, 0.4) is 0 Å². The molecule has 4 nitrogen and oxygen atoms in total. The van der Waals surface area contributed by atoms with E-state index < -0.39 is 0 Å². The van der Waals surface area contributed by atoms with Crippen LogP contribution < -0.4 is 14.8 Å². The molecule has 20 heavy (non-hydrogen) atoms. The van der Waals surface area contributed by atoms with Crippen molar-refractivity contribution in [2.75, 3.05) is 27.4 Å². The third kappa shape index (κ3) is 3.64. The van der Waals surface area contributed by atoms with E-state index in [1.54, 1.807) is 14.2 Å². The fraction of sp³-hybridized carbons (Fsp3) is 0.625. The van der Waals surface area contributed by atoms with Crippen LogP contribution in [-0.2, 0) is 11.3 Å². The van der Waals surface area contributed by atoms with Gasteiger partial charge in [0.1, 0.15) is 0 Å². The van der Waals surface area contributed by atoms with Gasteiger partial charge in [-0.15, -0.1) is 0 Å². The Balaban J connectivity index is 1.85. The lowest BCUT2D eigenvalue weighted by Crippen LogP contribution is -2.27. The first-order chi connectivity index (χ1) is 9.78. The van der Waals surface area contributed by atoms with Crippen molar-refractivity contribution < 1.29 is 14.2 Å². The standard InChI is InChI=1S/C16H25NO3/c1-4-14-13(7-8-20-14)11-17-10-12-5-6-15(18-2)16(9-12)19-3/h5-6,9,13-14,17H,4,7-8,10-11H2,1-3H3. The van der Waals surface area contributed by atoms with Crippen molar-refractivity contribution in [2.45, 2.75) is 32.4 Å². The molecule has 0 aliphatic carbocycles. The van der Waals surface area contributed by atoms with Crippen molar-refractivity contribution in [3.05, 3.63) is 23.8 Å². The minimum Gasteiger partial charge on any atom is -0.493 e. The largest absolute Gasteiger partial charge is 0.493 e. The molecular weight excluding hydrogens is 254 g/mol. The molecule has 4 heteroatoms. The number of hydrogen-bond acceptors (Lipinski definition) is 4. The second-order valence-electron chi connectivity index (χ2n) is 5.19. The maximum Gasteiger partial charge on any atom is 0.161 e. The summed E-state index contributed by atoms with van der Waals surface area (Å²) in [5.41, 5.74) is 1.20. The number of nitrogens with one attached hydrogen (secondary N) is 1. The summed E-state index contributed by atoms with van der Waals surface area (Å²) in [6.07, 6.45) is 2.69. The molecule has 1 heterocycles. The van der Waals surface area contributed by atoms with Gasteiger partial charge in [-0.3, -0.25) is 0 Å². The van der Waals surface area contributed by atoms with Crippen LogP contribution in [0, 0.1) is 5.92 Å². The summed E-state index contributed by atoms with van der Waals surface area (Å²) >= 11 is 0. The molecule has 0 spiro atoms. The van der Waals surface area contributed by atoms with Crippen LogP contribution in [-0.4, -0.2) is 33.5 Å².